The highest BCUT2D eigenvalue weighted by Crippen LogP contribution is 2.42. The van der Waals surface area contributed by atoms with Gasteiger partial charge < -0.3 is 5.11 Å². The molecule has 3 rings (SSSR count). The summed E-state index contributed by atoms with van der Waals surface area (Å²) in [7, 11) is 1.74. The number of nitrogens with zero attached hydrogens (tertiary/aromatic N) is 3. The van der Waals surface area contributed by atoms with Crippen LogP contribution in [-0.4, -0.2) is 21.0 Å². The lowest BCUT2D eigenvalue weighted by atomic mass is 10.2. The molecule has 2 aromatic rings. The van der Waals surface area contributed by atoms with Crippen molar-refractivity contribution in [2.45, 2.75) is 0 Å². The topological polar surface area (TPSA) is 55.1 Å². The molecular formula is C13H12N3O2+. The standard InChI is InChI=1S/C13H11N3O2/c1-15-12(6-8-14-15)16(13(17)18)9-7-10-4-2-3-5-11(10)16/h2-9H,1H3/p+1. The van der Waals surface area contributed by atoms with Crippen molar-refractivity contribution in [2.75, 3.05) is 0 Å². The predicted octanol–water partition coefficient (Wildman–Crippen LogP) is 2.72. The molecule has 0 spiro atoms. The molecule has 0 aliphatic carbocycles. The van der Waals surface area contributed by atoms with Crippen molar-refractivity contribution in [1.29, 1.82) is 0 Å². The molecule has 1 aliphatic heterocycles. The van der Waals surface area contributed by atoms with Gasteiger partial charge in [0.1, 0.15) is 6.20 Å². The summed E-state index contributed by atoms with van der Waals surface area (Å²) in [6.45, 7) is 0. The van der Waals surface area contributed by atoms with Crippen LogP contribution < -0.4 is 4.48 Å². The Morgan fingerprint density at radius 2 is 2.11 bits per heavy atom. The van der Waals surface area contributed by atoms with E-state index in [9.17, 15) is 9.90 Å². The Morgan fingerprint density at radius 3 is 2.78 bits per heavy atom. The lowest BCUT2D eigenvalue weighted by Gasteiger charge is -2.24. The molecule has 5 heteroatoms. The van der Waals surface area contributed by atoms with Gasteiger partial charge in [-0.25, -0.2) is 4.68 Å². The van der Waals surface area contributed by atoms with Crippen molar-refractivity contribution in [3.05, 3.63) is 48.3 Å². The molecule has 1 amide bonds. The maximum absolute atomic E-state index is 11.8. The highest BCUT2D eigenvalue weighted by atomic mass is 16.4. The maximum Gasteiger partial charge on any atom is 0.530 e. The normalized spacial score (nSPS) is 20.9. The van der Waals surface area contributed by atoms with Crippen LogP contribution in [-0.2, 0) is 7.05 Å². The van der Waals surface area contributed by atoms with E-state index in [0.717, 1.165) is 11.3 Å². The fourth-order valence-electron chi connectivity index (χ4n) is 2.40. The Kier molecular flexibility index (Phi) is 2.11. The van der Waals surface area contributed by atoms with Gasteiger partial charge >= 0.3 is 6.09 Å². The first-order chi connectivity index (χ1) is 8.66. The van der Waals surface area contributed by atoms with E-state index in [-0.39, 0.29) is 4.48 Å². The van der Waals surface area contributed by atoms with Gasteiger partial charge in [-0.15, -0.1) is 4.48 Å². The summed E-state index contributed by atoms with van der Waals surface area (Å²) < 4.78 is 1.24. The summed E-state index contributed by atoms with van der Waals surface area (Å²) in [6, 6.07) is 9.20. The van der Waals surface area contributed by atoms with E-state index in [2.05, 4.69) is 5.10 Å². The van der Waals surface area contributed by atoms with Crippen molar-refractivity contribution >= 4 is 23.7 Å². The number of carboxylic acid groups (broad SMARTS) is 1. The van der Waals surface area contributed by atoms with E-state index < -0.39 is 6.09 Å². The SMILES string of the molecule is Cn1nccc1[N+]1(C(=O)O)C=Cc2ccccc21. The van der Waals surface area contributed by atoms with Crippen LogP contribution in [0.3, 0.4) is 0 Å². The predicted molar refractivity (Wildman–Crippen MR) is 68.2 cm³/mol. The third-order valence-corrected chi connectivity index (χ3v) is 3.25. The maximum atomic E-state index is 11.8. The van der Waals surface area contributed by atoms with Gasteiger partial charge in [0, 0.05) is 30.8 Å². The molecule has 1 aromatic carbocycles. The van der Waals surface area contributed by atoms with Crippen LogP contribution in [0.15, 0.2) is 42.7 Å². The summed E-state index contributed by atoms with van der Waals surface area (Å²) in [5.41, 5.74) is 1.65. The van der Waals surface area contributed by atoms with Gasteiger partial charge in [0.2, 0.25) is 5.82 Å². The molecule has 0 bridgehead atoms. The number of aromatic nitrogens is 2. The zero-order valence-electron chi connectivity index (χ0n) is 9.82. The van der Waals surface area contributed by atoms with Crippen molar-refractivity contribution in [3.63, 3.8) is 0 Å². The molecule has 1 atom stereocenters. The molecule has 0 saturated carbocycles. The van der Waals surface area contributed by atoms with Crippen LogP contribution in [0.1, 0.15) is 5.56 Å². The molecule has 5 nitrogen and oxygen atoms in total. The number of aryl methyl sites for hydroxylation is 1. The van der Waals surface area contributed by atoms with Gasteiger partial charge in [0.25, 0.3) is 0 Å². The summed E-state index contributed by atoms with van der Waals surface area (Å²) in [5, 5.41) is 13.8. The molecule has 0 saturated heterocycles. The van der Waals surface area contributed by atoms with E-state index in [4.69, 9.17) is 0 Å². The quantitative estimate of drug-likeness (QED) is 0.782. The van der Waals surface area contributed by atoms with Gasteiger partial charge in [-0.05, 0) is 6.07 Å². The minimum Gasteiger partial charge on any atom is -0.434 e. The molecule has 2 heterocycles. The van der Waals surface area contributed by atoms with E-state index in [1.807, 2.05) is 30.3 Å². The second-order valence-corrected chi connectivity index (χ2v) is 4.19. The summed E-state index contributed by atoms with van der Waals surface area (Å²) in [5.74, 6) is 0.601. The summed E-state index contributed by atoms with van der Waals surface area (Å²) in [4.78, 5) is 11.8. The number of hydrogen-bond acceptors (Lipinski definition) is 2. The Morgan fingerprint density at radius 1 is 1.33 bits per heavy atom. The molecule has 18 heavy (non-hydrogen) atoms. The van der Waals surface area contributed by atoms with Crippen molar-refractivity contribution in [1.82, 2.24) is 14.3 Å². The van der Waals surface area contributed by atoms with Gasteiger partial charge in [-0.3, -0.25) is 0 Å². The second-order valence-electron chi connectivity index (χ2n) is 4.19. The monoisotopic (exact) mass is 242 g/mol. The van der Waals surface area contributed by atoms with Crippen molar-refractivity contribution < 1.29 is 9.90 Å². The van der Waals surface area contributed by atoms with Gasteiger partial charge in [-0.2, -0.15) is 9.89 Å². The minimum atomic E-state index is -0.945. The number of quaternary nitrogens is 1. The fourth-order valence-corrected chi connectivity index (χ4v) is 2.40. The van der Waals surface area contributed by atoms with Crippen LogP contribution in [0.4, 0.5) is 16.3 Å². The van der Waals surface area contributed by atoms with E-state index in [0.29, 0.717) is 5.82 Å². The van der Waals surface area contributed by atoms with E-state index in [1.54, 1.807) is 30.2 Å². The summed E-state index contributed by atoms with van der Waals surface area (Å²) in [6.07, 6.45) is 4.16. The first-order valence-corrected chi connectivity index (χ1v) is 5.56. The van der Waals surface area contributed by atoms with Gasteiger partial charge in [0.15, 0.2) is 5.69 Å². The molecule has 1 unspecified atom stereocenters. The second kappa shape index (κ2) is 3.54. The van der Waals surface area contributed by atoms with Crippen molar-refractivity contribution in [3.8, 4) is 0 Å². The van der Waals surface area contributed by atoms with Crippen LogP contribution >= 0.6 is 0 Å². The zero-order valence-corrected chi connectivity index (χ0v) is 9.82. The average Bonchev–Trinajstić information content (AvgIpc) is 2.93. The van der Waals surface area contributed by atoms with Gasteiger partial charge in [-0.1, -0.05) is 12.1 Å². The highest BCUT2D eigenvalue weighted by Gasteiger charge is 2.47. The van der Waals surface area contributed by atoms with Crippen LogP contribution in [0.25, 0.3) is 6.08 Å². The average molecular weight is 242 g/mol. The molecule has 0 fully saturated rings. The third kappa shape index (κ3) is 1.19. The molecule has 0 radical (unpaired) electrons. The smallest absolute Gasteiger partial charge is 0.434 e. The fraction of sp³-hybridized carbons (Fsp3) is 0.0769. The zero-order chi connectivity index (χ0) is 12.8. The lowest BCUT2D eigenvalue weighted by Crippen LogP contribution is -2.43. The molecule has 1 aliphatic rings. The molecule has 1 N–H and O–H groups in total. The van der Waals surface area contributed by atoms with E-state index in [1.165, 1.54) is 0 Å². The first-order valence-electron chi connectivity index (χ1n) is 5.56. The van der Waals surface area contributed by atoms with Crippen LogP contribution in [0.5, 0.6) is 0 Å². The summed E-state index contributed by atoms with van der Waals surface area (Å²) >= 11 is 0. The number of hydrogen-bond donors (Lipinski definition) is 1. The number of rotatable bonds is 1. The van der Waals surface area contributed by atoms with Gasteiger partial charge in [0.05, 0.1) is 6.20 Å². The van der Waals surface area contributed by atoms with Crippen LogP contribution in [0, 0.1) is 0 Å². The number of benzene rings is 1. The third-order valence-electron chi connectivity index (χ3n) is 3.25. The minimum absolute atomic E-state index is 0.341. The largest absolute Gasteiger partial charge is 0.530 e. The lowest BCUT2D eigenvalue weighted by molar-refractivity contribution is 0.176. The molecule has 90 valence electrons. The first kappa shape index (κ1) is 10.7. The van der Waals surface area contributed by atoms with E-state index >= 15 is 0 Å². The molecule has 1 aromatic heterocycles. The Hall–Kier alpha value is -2.40. The van der Waals surface area contributed by atoms with Crippen LogP contribution in [0.2, 0.25) is 0 Å². The number of para-hydroxylation sites is 1. The Bertz CT molecular complexity index is 660. The number of amides is 1. The number of carbonyl (C=O) groups is 1. The molecular weight excluding hydrogens is 230 g/mol. The highest BCUT2D eigenvalue weighted by molar-refractivity contribution is 5.96. The Balaban J connectivity index is 2.32. The number of fused-ring (bicyclic) bond motifs is 1. The van der Waals surface area contributed by atoms with Crippen molar-refractivity contribution in [2.24, 2.45) is 7.05 Å². The Labute approximate surface area is 104 Å².